The zero-order chi connectivity index (χ0) is 15.5. The second-order valence-corrected chi connectivity index (χ2v) is 5.57. The van der Waals surface area contributed by atoms with Crippen molar-refractivity contribution >= 4 is 45.2 Å². The molecule has 0 fully saturated rings. The maximum absolute atomic E-state index is 12.2. The van der Waals surface area contributed by atoms with Crippen LogP contribution in [0.1, 0.15) is 6.92 Å². The molecule has 0 saturated carbocycles. The van der Waals surface area contributed by atoms with Crippen LogP contribution in [0.4, 0.5) is 11.4 Å². The van der Waals surface area contributed by atoms with Crippen LogP contribution in [0.5, 0.6) is 5.75 Å². The van der Waals surface area contributed by atoms with Crippen molar-refractivity contribution in [2.24, 2.45) is 0 Å². The molecule has 1 aromatic heterocycles. The summed E-state index contributed by atoms with van der Waals surface area (Å²) in [6, 6.07) is 14.8. The summed E-state index contributed by atoms with van der Waals surface area (Å²) in [4.78, 5) is 24.4. The van der Waals surface area contributed by atoms with Crippen LogP contribution in [0.25, 0.3) is 10.1 Å². The fraction of sp³-hybridized carbons (Fsp3) is 0.0588. The van der Waals surface area contributed by atoms with Crippen molar-refractivity contribution in [2.45, 2.75) is 6.92 Å². The van der Waals surface area contributed by atoms with Crippen LogP contribution < -0.4 is 9.64 Å². The number of hydrogen-bond donors (Lipinski definition) is 0. The second kappa shape index (κ2) is 5.99. The first-order valence-electron chi connectivity index (χ1n) is 6.68. The number of fused-ring (bicyclic) bond motifs is 1. The number of ether oxygens (including phenoxy) is 1. The Balaban J connectivity index is 2.19. The van der Waals surface area contributed by atoms with Gasteiger partial charge in [-0.3, -0.25) is 14.5 Å². The Kier molecular flexibility index (Phi) is 3.89. The lowest BCUT2D eigenvalue weighted by molar-refractivity contribution is -0.120. The highest BCUT2D eigenvalue weighted by molar-refractivity contribution is 7.18. The molecule has 1 heterocycles. The quantitative estimate of drug-likeness (QED) is 0.681. The average molecular weight is 311 g/mol. The Morgan fingerprint density at radius 1 is 1.14 bits per heavy atom. The predicted molar refractivity (Wildman–Crippen MR) is 87.8 cm³/mol. The summed E-state index contributed by atoms with van der Waals surface area (Å²) < 4.78 is 5.90. The number of anilines is 2. The molecular formula is C17H13NO3S. The zero-order valence-corrected chi connectivity index (χ0v) is 12.7. The number of hydrogen-bond acceptors (Lipinski definition) is 4. The van der Waals surface area contributed by atoms with Gasteiger partial charge in [-0.15, -0.1) is 11.3 Å². The van der Waals surface area contributed by atoms with Crippen LogP contribution in [0.3, 0.4) is 0 Å². The third-order valence-corrected chi connectivity index (χ3v) is 4.24. The third kappa shape index (κ3) is 2.46. The molecule has 0 bridgehead atoms. The lowest BCUT2D eigenvalue weighted by Gasteiger charge is -2.22. The lowest BCUT2D eigenvalue weighted by atomic mass is 10.2. The fourth-order valence-corrected chi connectivity index (χ4v) is 3.34. The molecule has 0 radical (unpaired) electrons. The number of thiophene rings is 1. The molecule has 2 aromatic carbocycles. The van der Waals surface area contributed by atoms with Crippen LogP contribution in [-0.2, 0) is 9.59 Å². The molecule has 0 atom stereocenters. The minimum atomic E-state index is -0.0787. The van der Waals surface area contributed by atoms with E-state index in [0.29, 0.717) is 12.2 Å². The topological polar surface area (TPSA) is 46.6 Å². The number of para-hydroxylation sites is 1. The van der Waals surface area contributed by atoms with Gasteiger partial charge >= 0.3 is 0 Å². The van der Waals surface area contributed by atoms with Crippen molar-refractivity contribution in [1.82, 2.24) is 0 Å². The molecule has 1 amide bonds. The lowest BCUT2D eigenvalue weighted by Crippen LogP contribution is -2.22. The summed E-state index contributed by atoms with van der Waals surface area (Å²) in [6.45, 7) is 1.94. The van der Waals surface area contributed by atoms with Gasteiger partial charge in [0.05, 0.1) is 10.4 Å². The van der Waals surface area contributed by atoms with Crippen LogP contribution >= 0.6 is 11.3 Å². The minimum absolute atomic E-state index is 0.0787. The summed E-state index contributed by atoms with van der Waals surface area (Å²) in [5, 5.41) is 2.73. The summed E-state index contributed by atoms with van der Waals surface area (Å²) in [5.41, 5.74) is 1.58. The van der Waals surface area contributed by atoms with E-state index < -0.39 is 0 Å². The average Bonchev–Trinajstić information content (AvgIpc) is 3.00. The first-order chi connectivity index (χ1) is 10.7. The van der Waals surface area contributed by atoms with Crippen LogP contribution in [0, 0.1) is 0 Å². The third-order valence-electron chi connectivity index (χ3n) is 3.30. The van der Waals surface area contributed by atoms with Crippen molar-refractivity contribution in [3.8, 4) is 5.75 Å². The van der Waals surface area contributed by atoms with E-state index in [2.05, 4.69) is 0 Å². The number of carbonyl (C=O) groups is 2. The normalized spacial score (nSPS) is 10.4. The van der Waals surface area contributed by atoms with Gasteiger partial charge in [0, 0.05) is 18.0 Å². The smallest absolute Gasteiger partial charge is 0.298 e. The molecule has 0 aliphatic carbocycles. The standard InChI is InChI=1S/C17H13NO3S/c1-12(20)18(13-5-3-2-4-6-13)15-7-8-16(21-11-19)14-9-10-22-17(14)15/h2-11H,1H3. The predicted octanol–water partition coefficient (Wildman–Crippen LogP) is 4.12. The molecule has 3 rings (SSSR count). The Morgan fingerprint density at radius 3 is 2.59 bits per heavy atom. The number of benzene rings is 2. The van der Waals surface area contributed by atoms with Gasteiger partial charge in [-0.2, -0.15) is 0 Å². The molecular weight excluding hydrogens is 298 g/mol. The van der Waals surface area contributed by atoms with Crippen molar-refractivity contribution in [3.05, 3.63) is 53.9 Å². The molecule has 22 heavy (non-hydrogen) atoms. The van der Waals surface area contributed by atoms with Gasteiger partial charge in [0.2, 0.25) is 5.91 Å². The van der Waals surface area contributed by atoms with Gasteiger partial charge < -0.3 is 4.74 Å². The van der Waals surface area contributed by atoms with Crippen molar-refractivity contribution in [3.63, 3.8) is 0 Å². The van der Waals surface area contributed by atoms with E-state index >= 15 is 0 Å². The highest BCUT2D eigenvalue weighted by atomic mass is 32.1. The maximum atomic E-state index is 12.2. The minimum Gasteiger partial charge on any atom is -0.428 e. The van der Waals surface area contributed by atoms with E-state index in [9.17, 15) is 9.59 Å². The monoisotopic (exact) mass is 311 g/mol. The highest BCUT2D eigenvalue weighted by Gasteiger charge is 2.19. The van der Waals surface area contributed by atoms with Gasteiger partial charge in [-0.1, -0.05) is 18.2 Å². The molecule has 5 heteroatoms. The van der Waals surface area contributed by atoms with E-state index in [0.717, 1.165) is 21.5 Å². The maximum Gasteiger partial charge on any atom is 0.298 e. The van der Waals surface area contributed by atoms with E-state index in [1.165, 1.54) is 18.3 Å². The molecule has 110 valence electrons. The van der Waals surface area contributed by atoms with E-state index in [-0.39, 0.29) is 5.91 Å². The Hall–Kier alpha value is -2.66. The summed E-state index contributed by atoms with van der Waals surface area (Å²) in [6.07, 6.45) is 0. The van der Waals surface area contributed by atoms with Crippen LogP contribution in [0.15, 0.2) is 53.9 Å². The zero-order valence-electron chi connectivity index (χ0n) is 11.9. The molecule has 0 unspecified atom stereocenters. The first-order valence-corrected chi connectivity index (χ1v) is 7.56. The van der Waals surface area contributed by atoms with Gasteiger partial charge in [-0.05, 0) is 35.7 Å². The van der Waals surface area contributed by atoms with Gasteiger partial charge in [0.15, 0.2) is 0 Å². The number of nitrogens with zero attached hydrogens (tertiary/aromatic N) is 1. The van der Waals surface area contributed by atoms with Crippen molar-refractivity contribution < 1.29 is 14.3 Å². The molecule has 0 N–H and O–H groups in total. The van der Waals surface area contributed by atoms with Crippen LogP contribution in [-0.4, -0.2) is 12.4 Å². The summed E-state index contributed by atoms with van der Waals surface area (Å²) in [7, 11) is 0. The molecule has 0 saturated heterocycles. The van der Waals surface area contributed by atoms with E-state index in [1.807, 2.05) is 41.8 Å². The van der Waals surface area contributed by atoms with Crippen molar-refractivity contribution in [1.29, 1.82) is 0 Å². The van der Waals surface area contributed by atoms with Crippen LogP contribution in [0.2, 0.25) is 0 Å². The van der Waals surface area contributed by atoms with E-state index in [4.69, 9.17) is 4.74 Å². The Morgan fingerprint density at radius 2 is 1.91 bits per heavy atom. The van der Waals surface area contributed by atoms with Gasteiger partial charge in [0.25, 0.3) is 6.47 Å². The Labute approximate surface area is 131 Å². The van der Waals surface area contributed by atoms with Gasteiger partial charge in [0.1, 0.15) is 5.75 Å². The molecule has 3 aromatic rings. The largest absolute Gasteiger partial charge is 0.428 e. The molecule has 0 aliphatic heterocycles. The fourth-order valence-electron chi connectivity index (χ4n) is 2.42. The first kappa shape index (κ1) is 14.3. The number of amides is 1. The Bertz CT molecular complexity index is 826. The summed E-state index contributed by atoms with van der Waals surface area (Å²) >= 11 is 1.50. The van der Waals surface area contributed by atoms with Gasteiger partial charge in [-0.25, -0.2) is 0 Å². The molecule has 0 aliphatic rings. The summed E-state index contributed by atoms with van der Waals surface area (Å²) in [5.74, 6) is 0.413. The SMILES string of the molecule is CC(=O)N(c1ccccc1)c1ccc(OC=O)c2ccsc12. The number of rotatable bonds is 4. The highest BCUT2D eigenvalue weighted by Crippen LogP contribution is 2.40. The second-order valence-electron chi connectivity index (χ2n) is 4.65. The molecule has 4 nitrogen and oxygen atoms in total. The number of carbonyl (C=O) groups excluding carboxylic acids is 2. The van der Waals surface area contributed by atoms with Crippen molar-refractivity contribution in [2.75, 3.05) is 4.90 Å². The van der Waals surface area contributed by atoms with E-state index in [1.54, 1.807) is 17.0 Å². The molecule has 0 spiro atoms.